The molecule has 0 aromatic rings. The third kappa shape index (κ3) is 4.06. The molecule has 3 heteroatoms. The summed E-state index contributed by atoms with van der Waals surface area (Å²) in [5.74, 6) is 0. The van der Waals surface area contributed by atoms with Gasteiger partial charge in [0.05, 0.1) is 0 Å². The third-order valence-corrected chi connectivity index (χ3v) is 7.81. The molecule has 0 saturated heterocycles. The topological polar surface area (TPSA) is 18.5 Å². The fourth-order valence-electron chi connectivity index (χ4n) is 2.95. The second kappa shape index (κ2) is 7.39. The molecule has 0 unspecified atom stereocenters. The highest BCUT2D eigenvalue weighted by molar-refractivity contribution is 6.82. The Morgan fingerprint density at radius 3 is 1.52 bits per heavy atom. The molecule has 2 aliphatic carbocycles. The van der Waals surface area contributed by atoms with Gasteiger partial charge in [0.15, 0.2) is 0 Å². The van der Waals surface area contributed by atoms with Gasteiger partial charge in [-0.2, -0.15) is 0 Å². The van der Waals surface area contributed by atoms with Crippen molar-refractivity contribution in [1.29, 1.82) is 0 Å². The normalized spacial score (nSPS) is 19.1. The van der Waals surface area contributed by atoms with Gasteiger partial charge in [-0.1, -0.05) is 36.5 Å². The average Bonchev–Trinajstić information content (AvgIpc) is 2.47. The van der Waals surface area contributed by atoms with Crippen LogP contribution in [-0.4, -0.2) is 20.8 Å². The van der Waals surface area contributed by atoms with E-state index in [9.17, 15) is 0 Å². The second-order valence-corrected chi connectivity index (χ2v) is 9.26. The number of allylic oxidation sites excluding steroid dienone is 8. The van der Waals surface area contributed by atoms with Gasteiger partial charge in [0, 0.05) is 12.2 Å². The monoisotopic (exact) mass is 304 g/mol. The van der Waals surface area contributed by atoms with Gasteiger partial charge in [0.25, 0.3) is 0 Å². The van der Waals surface area contributed by atoms with Crippen molar-refractivity contribution in [2.45, 2.75) is 65.6 Å². The zero-order valence-electron chi connectivity index (χ0n) is 13.8. The predicted octanol–water partition coefficient (Wildman–Crippen LogP) is 4.91. The molecule has 21 heavy (non-hydrogen) atoms. The largest absolute Gasteiger partial charge is 0.399 e. The van der Waals surface area contributed by atoms with Crippen LogP contribution in [0, 0.1) is 0 Å². The number of rotatable bonds is 6. The van der Waals surface area contributed by atoms with E-state index in [1.807, 2.05) is 0 Å². The van der Waals surface area contributed by atoms with Gasteiger partial charge in [-0.15, -0.1) is 0 Å². The van der Waals surface area contributed by atoms with Gasteiger partial charge >= 0.3 is 8.56 Å². The zero-order chi connectivity index (χ0) is 15.3. The van der Waals surface area contributed by atoms with E-state index in [1.54, 1.807) is 0 Å². The van der Waals surface area contributed by atoms with Crippen molar-refractivity contribution >= 4 is 8.56 Å². The van der Waals surface area contributed by atoms with E-state index in [0.717, 1.165) is 25.7 Å². The Kier molecular flexibility index (Phi) is 5.79. The lowest BCUT2D eigenvalue weighted by Gasteiger charge is -2.39. The van der Waals surface area contributed by atoms with Crippen LogP contribution in [0.5, 0.6) is 0 Å². The van der Waals surface area contributed by atoms with Crippen LogP contribution in [0.1, 0.15) is 53.4 Å². The maximum absolute atomic E-state index is 6.54. The Morgan fingerprint density at radius 2 is 1.24 bits per heavy atom. The molecule has 0 aromatic heterocycles. The third-order valence-electron chi connectivity index (χ3n) is 3.68. The fourth-order valence-corrected chi connectivity index (χ4v) is 6.93. The molecular formula is C18H28O2Si. The summed E-state index contributed by atoms with van der Waals surface area (Å²) in [4.78, 5) is 0. The van der Waals surface area contributed by atoms with E-state index in [4.69, 9.17) is 8.85 Å². The minimum Gasteiger partial charge on any atom is -0.386 e. The molecule has 0 atom stereocenters. The smallest absolute Gasteiger partial charge is 0.386 e. The molecule has 0 radical (unpaired) electrons. The Hall–Kier alpha value is -0.903. The van der Waals surface area contributed by atoms with Crippen LogP contribution >= 0.6 is 0 Å². The molecule has 0 aromatic carbocycles. The molecule has 0 N–H and O–H groups in total. The van der Waals surface area contributed by atoms with Gasteiger partial charge in [-0.05, 0) is 63.8 Å². The van der Waals surface area contributed by atoms with Gasteiger partial charge in [0.2, 0.25) is 0 Å². The highest BCUT2D eigenvalue weighted by Crippen LogP contribution is 2.36. The molecule has 0 aliphatic heterocycles. The molecular weight excluding hydrogens is 276 g/mol. The van der Waals surface area contributed by atoms with Crippen LogP contribution in [0.15, 0.2) is 46.8 Å². The molecule has 2 rings (SSSR count). The van der Waals surface area contributed by atoms with Crippen LogP contribution in [0.4, 0.5) is 0 Å². The standard InChI is InChI=1S/C18H28O2Si/c1-15(2)19-21(20-16(3)4,17-11-7-5-8-12-17)18-13-9-6-10-14-18/h5-7,9,11,13,15-16H,8,10,12,14H2,1-4H3. The maximum Gasteiger partial charge on any atom is 0.399 e. The van der Waals surface area contributed by atoms with Crippen molar-refractivity contribution in [2.75, 3.05) is 0 Å². The summed E-state index contributed by atoms with van der Waals surface area (Å²) in [5.41, 5.74) is 0. The Morgan fingerprint density at radius 1 is 0.810 bits per heavy atom. The van der Waals surface area contributed by atoms with Crippen molar-refractivity contribution in [3.63, 3.8) is 0 Å². The summed E-state index contributed by atoms with van der Waals surface area (Å²) in [6.07, 6.45) is 17.9. The van der Waals surface area contributed by atoms with Gasteiger partial charge < -0.3 is 8.85 Å². The van der Waals surface area contributed by atoms with Crippen molar-refractivity contribution in [2.24, 2.45) is 0 Å². The van der Waals surface area contributed by atoms with E-state index >= 15 is 0 Å². The average molecular weight is 305 g/mol. The van der Waals surface area contributed by atoms with Crippen LogP contribution in [0.2, 0.25) is 0 Å². The molecule has 2 aliphatic rings. The van der Waals surface area contributed by atoms with Gasteiger partial charge in [-0.25, -0.2) is 0 Å². The van der Waals surface area contributed by atoms with Crippen LogP contribution in [0.25, 0.3) is 0 Å². The second-order valence-electron chi connectivity index (χ2n) is 6.27. The number of hydrogen-bond donors (Lipinski definition) is 0. The SMILES string of the molecule is CC(C)O[Si](OC(C)C)(C1=CC=CCC1)C1=CC=CCC1. The van der Waals surface area contributed by atoms with Gasteiger partial charge in [0.1, 0.15) is 0 Å². The first-order valence-electron chi connectivity index (χ1n) is 8.12. The molecule has 0 amide bonds. The summed E-state index contributed by atoms with van der Waals surface area (Å²) >= 11 is 0. The summed E-state index contributed by atoms with van der Waals surface area (Å²) in [5, 5.41) is 2.77. The van der Waals surface area contributed by atoms with Crippen molar-refractivity contribution in [3.8, 4) is 0 Å². The molecule has 0 saturated carbocycles. The first-order chi connectivity index (χ1) is 10.0. The Labute approximate surface area is 130 Å². The van der Waals surface area contributed by atoms with E-state index < -0.39 is 8.56 Å². The van der Waals surface area contributed by atoms with Gasteiger partial charge in [-0.3, -0.25) is 0 Å². The molecule has 0 bridgehead atoms. The predicted molar refractivity (Wildman–Crippen MR) is 91.1 cm³/mol. The minimum atomic E-state index is -2.50. The van der Waals surface area contributed by atoms with Crippen LogP contribution in [0.3, 0.4) is 0 Å². The van der Waals surface area contributed by atoms with Crippen LogP contribution < -0.4 is 0 Å². The first-order valence-corrected chi connectivity index (χ1v) is 9.94. The molecule has 0 fully saturated rings. The summed E-state index contributed by atoms with van der Waals surface area (Å²) in [6.45, 7) is 8.46. The Balaban J connectivity index is 2.46. The highest BCUT2D eigenvalue weighted by Gasteiger charge is 2.47. The zero-order valence-corrected chi connectivity index (χ0v) is 14.8. The first kappa shape index (κ1) is 16.5. The van der Waals surface area contributed by atoms with Crippen molar-refractivity contribution in [1.82, 2.24) is 0 Å². The lowest BCUT2D eigenvalue weighted by Crippen LogP contribution is -2.51. The van der Waals surface area contributed by atoms with Crippen molar-refractivity contribution in [3.05, 3.63) is 46.8 Å². The van der Waals surface area contributed by atoms with E-state index in [1.165, 1.54) is 10.4 Å². The van der Waals surface area contributed by atoms with E-state index in [-0.39, 0.29) is 12.2 Å². The minimum absolute atomic E-state index is 0.175. The highest BCUT2D eigenvalue weighted by atomic mass is 28.4. The summed E-state index contributed by atoms with van der Waals surface area (Å²) in [6, 6.07) is 0. The molecule has 0 heterocycles. The number of hydrogen-bond acceptors (Lipinski definition) is 2. The fraction of sp³-hybridized carbons (Fsp3) is 0.556. The molecule has 116 valence electrons. The quantitative estimate of drug-likeness (QED) is 0.649. The lowest BCUT2D eigenvalue weighted by atomic mass is 10.2. The van der Waals surface area contributed by atoms with E-state index in [0.29, 0.717) is 0 Å². The van der Waals surface area contributed by atoms with E-state index in [2.05, 4.69) is 64.2 Å². The molecule has 2 nitrogen and oxygen atoms in total. The van der Waals surface area contributed by atoms with Crippen LogP contribution in [-0.2, 0) is 8.85 Å². The maximum atomic E-state index is 6.54. The summed E-state index contributed by atoms with van der Waals surface area (Å²) < 4.78 is 13.1. The van der Waals surface area contributed by atoms with Crippen molar-refractivity contribution < 1.29 is 8.85 Å². The Bertz CT molecular complexity index is 426. The summed E-state index contributed by atoms with van der Waals surface area (Å²) in [7, 11) is -2.50. The lowest BCUT2D eigenvalue weighted by molar-refractivity contribution is 0.116. The molecule has 0 spiro atoms.